The van der Waals surface area contributed by atoms with Crippen LogP contribution in [-0.2, 0) is 6.54 Å². The zero-order valence-electron chi connectivity index (χ0n) is 11.0. The summed E-state index contributed by atoms with van der Waals surface area (Å²) in [7, 11) is 0. The molecule has 2 aromatic carbocycles. The van der Waals surface area contributed by atoms with Crippen molar-refractivity contribution in [1.29, 1.82) is 0 Å². The molecule has 0 heterocycles. The van der Waals surface area contributed by atoms with Gasteiger partial charge in [0.15, 0.2) is 0 Å². The predicted octanol–water partition coefficient (Wildman–Crippen LogP) is 4.83. The molecule has 0 saturated heterocycles. The Hall–Kier alpha value is -1.03. The van der Waals surface area contributed by atoms with E-state index in [-0.39, 0.29) is 0 Å². The van der Waals surface area contributed by atoms with Gasteiger partial charge < -0.3 is 5.32 Å². The molecule has 0 spiro atoms. The summed E-state index contributed by atoms with van der Waals surface area (Å²) >= 11 is 2.34. The molecule has 0 fully saturated rings. The molecule has 1 N–H and O–H groups in total. The Morgan fingerprint density at radius 2 is 1.72 bits per heavy atom. The van der Waals surface area contributed by atoms with Crippen LogP contribution in [0, 0.1) is 24.3 Å². The van der Waals surface area contributed by atoms with Crippen LogP contribution in [0.15, 0.2) is 36.4 Å². The molecule has 0 amide bonds. The SMILES string of the molecule is Cc1ccc(CNc2ccc(I)cc2C)c(C)c1. The highest BCUT2D eigenvalue weighted by Crippen LogP contribution is 2.19. The van der Waals surface area contributed by atoms with E-state index >= 15 is 0 Å². The number of hydrogen-bond donors (Lipinski definition) is 1. The van der Waals surface area contributed by atoms with Gasteiger partial charge in [0.2, 0.25) is 0 Å². The molecule has 2 rings (SSSR count). The van der Waals surface area contributed by atoms with Crippen LogP contribution in [0.3, 0.4) is 0 Å². The Bertz CT molecular complexity index is 510. The molecule has 0 aliphatic carbocycles. The molecule has 0 saturated carbocycles. The van der Waals surface area contributed by atoms with Crippen LogP contribution < -0.4 is 5.32 Å². The fourth-order valence-electron chi connectivity index (χ4n) is 2.06. The Labute approximate surface area is 123 Å². The largest absolute Gasteiger partial charge is 0.381 e. The molecule has 0 bridgehead atoms. The van der Waals surface area contributed by atoms with Crippen LogP contribution in [0.4, 0.5) is 5.69 Å². The minimum atomic E-state index is 0.882. The first kappa shape index (κ1) is 13.4. The summed E-state index contributed by atoms with van der Waals surface area (Å²) in [4.78, 5) is 0. The lowest BCUT2D eigenvalue weighted by Gasteiger charge is -2.12. The Kier molecular flexibility index (Phi) is 4.27. The fraction of sp³-hybridized carbons (Fsp3) is 0.250. The highest BCUT2D eigenvalue weighted by atomic mass is 127. The van der Waals surface area contributed by atoms with Gasteiger partial charge in [0, 0.05) is 15.8 Å². The van der Waals surface area contributed by atoms with Crippen LogP contribution in [0.5, 0.6) is 0 Å². The van der Waals surface area contributed by atoms with Gasteiger partial charge >= 0.3 is 0 Å². The third-order valence-electron chi connectivity index (χ3n) is 3.16. The molecule has 0 atom stereocenters. The van der Waals surface area contributed by atoms with Crippen molar-refractivity contribution in [3.8, 4) is 0 Å². The third kappa shape index (κ3) is 3.25. The van der Waals surface area contributed by atoms with E-state index in [0.29, 0.717) is 0 Å². The zero-order chi connectivity index (χ0) is 13.1. The summed E-state index contributed by atoms with van der Waals surface area (Å²) in [5, 5.41) is 3.51. The number of anilines is 1. The van der Waals surface area contributed by atoms with E-state index in [0.717, 1.165) is 6.54 Å². The van der Waals surface area contributed by atoms with Crippen molar-refractivity contribution >= 4 is 28.3 Å². The number of aryl methyl sites for hydroxylation is 3. The van der Waals surface area contributed by atoms with E-state index in [1.165, 1.54) is 31.5 Å². The van der Waals surface area contributed by atoms with Crippen LogP contribution in [0.25, 0.3) is 0 Å². The second-order valence-corrected chi connectivity index (χ2v) is 5.99. The van der Waals surface area contributed by atoms with E-state index in [9.17, 15) is 0 Å². The van der Waals surface area contributed by atoms with Crippen LogP contribution in [0.2, 0.25) is 0 Å². The summed E-state index contributed by atoms with van der Waals surface area (Å²) < 4.78 is 1.28. The summed E-state index contributed by atoms with van der Waals surface area (Å²) in [6.45, 7) is 7.33. The Morgan fingerprint density at radius 1 is 0.944 bits per heavy atom. The summed E-state index contributed by atoms with van der Waals surface area (Å²) in [6, 6.07) is 13.1. The first-order valence-corrected chi connectivity index (χ1v) is 7.20. The van der Waals surface area contributed by atoms with E-state index in [2.05, 4.69) is 85.1 Å². The molecule has 0 aromatic heterocycles. The Balaban J connectivity index is 2.11. The first-order chi connectivity index (χ1) is 8.56. The normalized spacial score (nSPS) is 10.4. The average Bonchev–Trinajstić information content (AvgIpc) is 2.30. The molecule has 0 unspecified atom stereocenters. The second-order valence-electron chi connectivity index (χ2n) is 4.74. The van der Waals surface area contributed by atoms with Crippen LogP contribution in [-0.4, -0.2) is 0 Å². The lowest BCUT2D eigenvalue weighted by molar-refractivity contribution is 1.11. The van der Waals surface area contributed by atoms with E-state index in [1.54, 1.807) is 0 Å². The van der Waals surface area contributed by atoms with Crippen LogP contribution >= 0.6 is 22.6 Å². The highest BCUT2D eigenvalue weighted by molar-refractivity contribution is 14.1. The highest BCUT2D eigenvalue weighted by Gasteiger charge is 2.01. The molecule has 1 nitrogen and oxygen atoms in total. The van der Waals surface area contributed by atoms with Gasteiger partial charge in [0.25, 0.3) is 0 Å². The number of rotatable bonds is 3. The fourth-order valence-corrected chi connectivity index (χ4v) is 2.71. The van der Waals surface area contributed by atoms with Gasteiger partial charge in [-0.15, -0.1) is 0 Å². The van der Waals surface area contributed by atoms with E-state index in [4.69, 9.17) is 0 Å². The topological polar surface area (TPSA) is 12.0 Å². The smallest absolute Gasteiger partial charge is 0.0403 e. The minimum absolute atomic E-state index is 0.882. The molecule has 18 heavy (non-hydrogen) atoms. The summed E-state index contributed by atoms with van der Waals surface area (Å²) in [5.41, 5.74) is 6.55. The molecule has 0 radical (unpaired) electrons. The molecule has 0 aliphatic heterocycles. The number of halogens is 1. The lowest BCUT2D eigenvalue weighted by atomic mass is 10.1. The average molecular weight is 351 g/mol. The van der Waals surface area contributed by atoms with E-state index < -0.39 is 0 Å². The standard InChI is InChI=1S/C16H18IN/c1-11-4-5-14(12(2)8-11)10-18-16-7-6-15(17)9-13(16)3/h4-9,18H,10H2,1-3H3. The van der Waals surface area contributed by atoms with Crippen molar-refractivity contribution in [3.05, 3.63) is 62.2 Å². The maximum Gasteiger partial charge on any atom is 0.0403 e. The van der Waals surface area contributed by atoms with Gasteiger partial charge in [-0.05, 0) is 78.3 Å². The van der Waals surface area contributed by atoms with Gasteiger partial charge in [-0.3, -0.25) is 0 Å². The van der Waals surface area contributed by atoms with Gasteiger partial charge in [-0.2, -0.15) is 0 Å². The summed E-state index contributed by atoms with van der Waals surface area (Å²) in [6.07, 6.45) is 0. The molecular weight excluding hydrogens is 333 g/mol. The minimum Gasteiger partial charge on any atom is -0.381 e. The monoisotopic (exact) mass is 351 g/mol. The van der Waals surface area contributed by atoms with E-state index in [1.807, 2.05) is 0 Å². The molecule has 94 valence electrons. The quantitative estimate of drug-likeness (QED) is 0.781. The number of nitrogens with one attached hydrogen (secondary N) is 1. The predicted molar refractivity (Wildman–Crippen MR) is 87.1 cm³/mol. The number of benzene rings is 2. The second kappa shape index (κ2) is 5.74. The lowest BCUT2D eigenvalue weighted by Crippen LogP contribution is -2.03. The van der Waals surface area contributed by atoms with Gasteiger partial charge in [-0.1, -0.05) is 23.8 Å². The van der Waals surface area contributed by atoms with Crippen molar-refractivity contribution in [2.75, 3.05) is 5.32 Å². The number of hydrogen-bond acceptors (Lipinski definition) is 1. The Morgan fingerprint density at radius 3 is 2.39 bits per heavy atom. The third-order valence-corrected chi connectivity index (χ3v) is 3.83. The summed E-state index contributed by atoms with van der Waals surface area (Å²) in [5.74, 6) is 0. The van der Waals surface area contributed by atoms with Gasteiger partial charge in [0.05, 0.1) is 0 Å². The molecular formula is C16H18IN. The van der Waals surface area contributed by atoms with Crippen molar-refractivity contribution in [2.45, 2.75) is 27.3 Å². The molecule has 2 aromatic rings. The molecule has 0 aliphatic rings. The van der Waals surface area contributed by atoms with Crippen molar-refractivity contribution in [3.63, 3.8) is 0 Å². The zero-order valence-corrected chi connectivity index (χ0v) is 13.2. The van der Waals surface area contributed by atoms with Gasteiger partial charge in [-0.25, -0.2) is 0 Å². The molecule has 2 heteroatoms. The maximum absolute atomic E-state index is 3.51. The van der Waals surface area contributed by atoms with Crippen molar-refractivity contribution in [2.24, 2.45) is 0 Å². The maximum atomic E-state index is 3.51. The van der Waals surface area contributed by atoms with Crippen LogP contribution in [0.1, 0.15) is 22.3 Å². The van der Waals surface area contributed by atoms with Gasteiger partial charge in [0.1, 0.15) is 0 Å². The first-order valence-electron chi connectivity index (χ1n) is 6.12. The van der Waals surface area contributed by atoms with Crippen molar-refractivity contribution < 1.29 is 0 Å². The van der Waals surface area contributed by atoms with Crippen molar-refractivity contribution in [1.82, 2.24) is 0 Å².